The first kappa shape index (κ1) is 25.5. The van der Waals surface area contributed by atoms with Crippen LogP contribution < -0.4 is 5.32 Å². The van der Waals surface area contributed by atoms with E-state index in [-0.39, 0.29) is 18.4 Å². The van der Waals surface area contributed by atoms with Crippen LogP contribution in [0.1, 0.15) is 60.3 Å². The van der Waals surface area contributed by atoms with Gasteiger partial charge >= 0.3 is 0 Å². The van der Waals surface area contributed by atoms with Crippen LogP contribution in [-0.2, 0) is 0 Å². The summed E-state index contributed by atoms with van der Waals surface area (Å²) in [6.07, 6.45) is 11.1. The van der Waals surface area contributed by atoms with E-state index in [1.54, 1.807) is 0 Å². The number of allylic oxidation sites excluding steroid dienone is 12. The lowest BCUT2D eigenvalue weighted by Crippen LogP contribution is -2.15. The van der Waals surface area contributed by atoms with Crippen LogP contribution in [0.4, 0.5) is 0 Å². The summed E-state index contributed by atoms with van der Waals surface area (Å²) >= 11 is 0. The van der Waals surface area contributed by atoms with Crippen molar-refractivity contribution in [3.63, 3.8) is 0 Å². The highest BCUT2D eigenvalue weighted by Gasteiger charge is 2.41. The van der Waals surface area contributed by atoms with E-state index in [1.807, 2.05) is 19.1 Å². The normalized spacial score (nSPS) is 25.8. The molecular formula is C33H36N4O2. The maximum Gasteiger partial charge on any atom is 0.106 e. The maximum absolute atomic E-state index is 11.1. The second kappa shape index (κ2) is 9.45. The molecule has 3 N–H and O–H groups in total. The van der Waals surface area contributed by atoms with Crippen LogP contribution >= 0.6 is 0 Å². The molecule has 1 fully saturated rings. The lowest BCUT2D eigenvalue weighted by Gasteiger charge is -2.17. The molecule has 0 saturated carbocycles. The minimum absolute atomic E-state index is 0.155. The third kappa shape index (κ3) is 3.84. The summed E-state index contributed by atoms with van der Waals surface area (Å²) in [5.74, 6) is 0.771. The molecule has 8 bridgehead atoms. The number of nitrogens with one attached hydrogen (secondary N) is 1. The van der Waals surface area contributed by atoms with Crippen LogP contribution in [0.25, 0.3) is 0 Å². The number of aliphatic hydroxyl groups excluding tert-OH is 2. The van der Waals surface area contributed by atoms with Crippen molar-refractivity contribution >= 4 is 17.1 Å². The summed E-state index contributed by atoms with van der Waals surface area (Å²) in [6.45, 7) is 14.9. The Balaban J connectivity index is 1.62. The Hall–Kier alpha value is -3.77. The number of aliphatic hydroxyl groups is 2. The van der Waals surface area contributed by atoms with E-state index < -0.39 is 0 Å². The number of hydrogen-bond donors (Lipinski definition) is 3. The minimum Gasteiger partial charge on any atom is -0.511 e. The Morgan fingerprint density at radius 1 is 1.03 bits per heavy atom. The molecule has 6 heteroatoms. The quantitative estimate of drug-likeness (QED) is 0.381. The Kier molecular flexibility index (Phi) is 6.18. The molecule has 6 rings (SSSR count). The van der Waals surface area contributed by atoms with Crippen molar-refractivity contribution in [3.05, 3.63) is 104 Å². The molecule has 1 saturated heterocycles. The molecule has 1 aliphatic carbocycles. The van der Waals surface area contributed by atoms with Gasteiger partial charge in [-0.05, 0) is 80.6 Å². The van der Waals surface area contributed by atoms with E-state index in [1.165, 1.54) is 11.1 Å². The molecule has 0 aromatic heterocycles. The Labute approximate surface area is 230 Å². The third-order valence-corrected chi connectivity index (χ3v) is 8.98. The zero-order valence-corrected chi connectivity index (χ0v) is 23.4. The van der Waals surface area contributed by atoms with Gasteiger partial charge in [0.25, 0.3) is 0 Å². The molecule has 5 heterocycles. The van der Waals surface area contributed by atoms with Gasteiger partial charge in [0.05, 0.1) is 34.2 Å². The fourth-order valence-electron chi connectivity index (χ4n) is 6.69. The van der Waals surface area contributed by atoms with E-state index in [0.29, 0.717) is 12.2 Å². The lowest BCUT2D eigenvalue weighted by molar-refractivity contribution is 0.271. The highest BCUT2D eigenvalue weighted by atomic mass is 16.3. The smallest absolute Gasteiger partial charge is 0.106 e. The molecule has 2 atom stereocenters. The van der Waals surface area contributed by atoms with Gasteiger partial charge in [0.15, 0.2) is 0 Å². The van der Waals surface area contributed by atoms with Crippen molar-refractivity contribution in [3.8, 4) is 0 Å². The monoisotopic (exact) mass is 520 g/mol. The second-order valence-electron chi connectivity index (χ2n) is 11.1. The molecule has 39 heavy (non-hydrogen) atoms. The van der Waals surface area contributed by atoms with Gasteiger partial charge in [0.1, 0.15) is 5.76 Å². The maximum atomic E-state index is 11.1. The molecule has 2 unspecified atom stereocenters. The number of fused-ring (bicyclic) bond motifs is 5. The predicted octanol–water partition coefficient (Wildman–Crippen LogP) is 6.62. The number of aliphatic imine (C=N–C) groups is 3. The second-order valence-corrected chi connectivity index (χ2v) is 11.1. The van der Waals surface area contributed by atoms with Gasteiger partial charge in [-0.15, -0.1) is 0 Å². The standard InChI is InChI=1S/C33H36N4O2/c1-7-20-16(3)24-13-26-18(5)22(10-9-11-38)32(36-26)23-12-30(39)31-19(6)27(37-33(23)31)15-29-21(8-2)17(4)25(35-29)14-28(20)34-24/h8,13-15,18,22,36,38-39H,2,7,9-12H2,1,3-6H3. The zero-order valence-electron chi connectivity index (χ0n) is 23.4. The van der Waals surface area contributed by atoms with E-state index in [2.05, 4.69) is 51.7 Å². The van der Waals surface area contributed by atoms with Crippen molar-refractivity contribution in [1.29, 1.82) is 0 Å². The fourth-order valence-corrected chi connectivity index (χ4v) is 6.69. The van der Waals surface area contributed by atoms with E-state index in [9.17, 15) is 10.2 Å². The predicted molar refractivity (Wildman–Crippen MR) is 159 cm³/mol. The van der Waals surface area contributed by atoms with Gasteiger partial charge < -0.3 is 15.5 Å². The number of hydrogen-bond acceptors (Lipinski definition) is 6. The summed E-state index contributed by atoms with van der Waals surface area (Å²) in [6, 6.07) is 0. The molecule has 0 radical (unpaired) electrons. The summed E-state index contributed by atoms with van der Waals surface area (Å²) in [7, 11) is 0. The van der Waals surface area contributed by atoms with Crippen LogP contribution in [0.3, 0.4) is 0 Å². The van der Waals surface area contributed by atoms with Crippen LogP contribution in [0.5, 0.6) is 0 Å². The molecule has 6 aliphatic rings. The summed E-state index contributed by atoms with van der Waals surface area (Å²) in [4.78, 5) is 15.2. The SMILES string of the molecule is C=CC1=C(C)C2=NC1=CC1=C(C)C3=C(O)CC(=C4NC(=CC5=NC(=C2)C(CC)=C5C)C(C)C4CCCO)C3=N1. The average molecular weight is 521 g/mol. The highest BCUT2D eigenvalue weighted by Crippen LogP contribution is 2.46. The van der Waals surface area contributed by atoms with Crippen molar-refractivity contribution in [2.75, 3.05) is 6.61 Å². The van der Waals surface area contributed by atoms with Crippen LogP contribution in [0.15, 0.2) is 119 Å². The molecule has 0 spiro atoms. The van der Waals surface area contributed by atoms with Crippen molar-refractivity contribution in [2.45, 2.75) is 60.3 Å². The van der Waals surface area contributed by atoms with Crippen LogP contribution in [0, 0.1) is 11.8 Å². The largest absolute Gasteiger partial charge is 0.511 e. The van der Waals surface area contributed by atoms with Crippen LogP contribution in [0.2, 0.25) is 0 Å². The summed E-state index contributed by atoms with van der Waals surface area (Å²) < 4.78 is 0. The topological polar surface area (TPSA) is 89.6 Å². The van der Waals surface area contributed by atoms with Crippen molar-refractivity contribution in [2.24, 2.45) is 26.8 Å². The summed E-state index contributed by atoms with van der Waals surface area (Å²) in [5, 5.41) is 24.5. The minimum atomic E-state index is 0.155. The van der Waals surface area contributed by atoms with Gasteiger partial charge in [-0.25, -0.2) is 15.0 Å². The number of rotatable bonds is 5. The molecule has 200 valence electrons. The summed E-state index contributed by atoms with van der Waals surface area (Å²) in [5.41, 5.74) is 14.8. The highest BCUT2D eigenvalue weighted by molar-refractivity contribution is 6.21. The van der Waals surface area contributed by atoms with E-state index in [0.717, 1.165) is 92.7 Å². The van der Waals surface area contributed by atoms with Crippen molar-refractivity contribution < 1.29 is 10.2 Å². The molecule has 5 aliphatic heterocycles. The average Bonchev–Trinajstić information content (AvgIpc) is 3.65. The Morgan fingerprint density at radius 3 is 2.49 bits per heavy atom. The molecule has 0 amide bonds. The van der Waals surface area contributed by atoms with E-state index >= 15 is 0 Å². The number of nitrogens with zero attached hydrogens (tertiary/aromatic N) is 3. The molecular weight excluding hydrogens is 484 g/mol. The zero-order chi connectivity index (χ0) is 27.6. The first-order valence-electron chi connectivity index (χ1n) is 14.0. The Bertz CT molecular complexity index is 1580. The van der Waals surface area contributed by atoms with Gasteiger partial charge in [0.2, 0.25) is 0 Å². The van der Waals surface area contributed by atoms with Gasteiger partial charge in [0, 0.05) is 53.0 Å². The van der Waals surface area contributed by atoms with Crippen LogP contribution in [-0.4, -0.2) is 34.0 Å². The lowest BCUT2D eigenvalue weighted by atomic mass is 9.86. The first-order valence-corrected chi connectivity index (χ1v) is 14.0. The van der Waals surface area contributed by atoms with Crippen molar-refractivity contribution in [1.82, 2.24) is 5.32 Å². The van der Waals surface area contributed by atoms with Gasteiger partial charge in [-0.2, -0.15) is 0 Å². The molecule has 0 aromatic carbocycles. The van der Waals surface area contributed by atoms with Gasteiger partial charge in [-0.1, -0.05) is 26.5 Å². The molecule has 6 nitrogen and oxygen atoms in total. The third-order valence-electron chi connectivity index (χ3n) is 8.98. The Morgan fingerprint density at radius 2 is 1.77 bits per heavy atom. The molecule has 0 aromatic rings. The van der Waals surface area contributed by atoms with Gasteiger partial charge in [-0.3, -0.25) is 0 Å². The first-order chi connectivity index (χ1) is 18.8. The fraction of sp³-hybridized carbons (Fsp3) is 0.364. The van der Waals surface area contributed by atoms with E-state index in [4.69, 9.17) is 15.0 Å².